The lowest BCUT2D eigenvalue weighted by molar-refractivity contribution is -0.0528. The average molecular weight is 529 g/mol. The first-order valence-corrected chi connectivity index (χ1v) is 17.9. The lowest BCUT2D eigenvalue weighted by Crippen LogP contribution is -2.54. The molecule has 12 heteroatoms. The third-order valence-electron chi connectivity index (χ3n) is 7.51. The van der Waals surface area contributed by atoms with Gasteiger partial charge in [0.1, 0.15) is 24.1 Å². The van der Waals surface area contributed by atoms with Gasteiger partial charge >= 0.3 is 11.7 Å². The summed E-state index contributed by atoms with van der Waals surface area (Å²) in [5.74, 6) is 0.123. The molecule has 1 fully saturated rings. The second kappa shape index (κ2) is 10.4. The normalized spacial score (nSPS) is 23.9. The van der Waals surface area contributed by atoms with Crippen molar-refractivity contribution in [2.45, 2.75) is 102 Å². The standard InChI is InChI=1S/C23H44N4O6Si2/c1-22(2,3)34(8,9)32-17-15(14-28)31-19(18(17)33-35(10,11)23(4,5)6)27-13-12-16(26-21(27)30)25-20(29)24-7/h12-13,15,17-19,28H,14H2,1-11H3,(H2,24,25,26,29,30)/t15-,17?,18+,19-/m1/s1. The van der Waals surface area contributed by atoms with E-state index < -0.39 is 52.9 Å². The molecule has 2 amide bonds. The molecule has 1 aromatic rings. The summed E-state index contributed by atoms with van der Waals surface area (Å²) in [7, 11) is -3.14. The summed E-state index contributed by atoms with van der Waals surface area (Å²) >= 11 is 0. The summed E-state index contributed by atoms with van der Waals surface area (Å²) in [5, 5.41) is 15.0. The molecule has 0 aliphatic carbocycles. The van der Waals surface area contributed by atoms with Crippen molar-refractivity contribution in [3.8, 4) is 0 Å². The van der Waals surface area contributed by atoms with E-state index in [4.69, 9.17) is 13.6 Å². The zero-order chi connectivity index (χ0) is 27.0. The highest BCUT2D eigenvalue weighted by molar-refractivity contribution is 6.74. The van der Waals surface area contributed by atoms with Crippen LogP contribution < -0.4 is 16.3 Å². The van der Waals surface area contributed by atoms with Crippen molar-refractivity contribution in [1.29, 1.82) is 0 Å². The van der Waals surface area contributed by atoms with Crippen molar-refractivity contribution in [3.05, 3.63) is 22.7 Å². The van der Waals surface area contributed by atoms with Gasteiger partial charge in [-0.1, -0.05) is 41.5 Å². The van der Waals surface area contributed by atoms with Crippen LogP contribution in [0.2, 0.25) is 36.3 Å². The van der Waals surface area contributed by atoms with E-state index in [1.165, 1.54) is 23.9 Å². The van der Waals surface area contributed by atoms with Gasteiger partial charge in [-0.05, 0) is 42.3 Å². The number of urea groups is 1. The van der Waals surface area contributed by atoms with Crippen LogP contribution in [0.15, 0.2) is 17.1 Å². The third kappa shape index (κ3) is 6.60. The number of carbonyl (C=O) groups excluding carboxylic acids is 1. The number of nitrogens with zero attached hydrogens (tertiary/aromatic N) is 2. The number of amides is 2. The maximum absolute atomic E-state index is 13.0. The molecule has 10 nitrogen and oxygen atoms in total. The summed E-state index contributed by atoms with van der Waals surface area (Å²) < 4.78 is 21.2. The zero-order valence-electron chi connectivity index (χ0n) is 23.1. The van der Waals surface area contributed by atoms with Gasteiger partial charge in [0.15, 0.2) is 22.9 Å². The smallest absolute Gasteiger partial charge is 0.351 e. The van der Waals surface area contributed by atoms with Gasteiger partial charge in [0.25, 0.3) is 0 Å². The molecule has 35 heavy (non-hydrogen) atoms. The molecule has 0 aromatic carbocycles. The maximum Gasteiger partial charge on any atom is 0.351 e. The number of hydrogen-bond donors (Lipinski definition) is 3. The Kier molecular flexibility index (Phi) is 8.83. The van der Waals surface area contributed by atoms with E-state index in [0.717, 1.165) is 0 Å². The molecule has 2 rings (SSSR count). The van der Waals surface area contributed by atoms with Crippen molar-refractivity contribution in [2.24, 2.45) is 0 Å². The number of anilines is 1. The Labute approximate surface area is 211 Å². The van der Waals surface area contributed by atoms with Crippen LogP contribution in [0.1, 0.15) is 47.8 Å². The van der Waals surface area contributed by atoms with E-state index in [-0.39, 0.29) is 22.5 Å². The van der Waals surface area contributed by atoms with Crippen LogP contribution in [-0.4, -0.2) is 69.3 Å². The second-order valence-electron chi connectivity index (χ2n) is 12.1. The zero-order valence-corrected chi connectivity index (χ0v) is 25.1. The van der Waals surface area contributed by atoms with Gasteiger partial charge in [0.2, 0.25) is 0 Å². The Balaban J connectivity index is 2.55. The van der Waals surface area contributed by atoms with E-state index in [1.54, 1.807) is 0 Å². The summed E-state index contributed by atoms with van der Waals surface area (Å²) in [6.45, 7) is 21.2. The van der Waals surface area contributed by atoms with E-state index >= 15 is 0 Å². The van der Waals surface area contributed by atoms with Crippen molar-refractivity contribution in [1.82, 2.24) is 14.9 Å². The van der Waals surface area contributed by atoms with Crippen LogP contribution in [-0.2, 0) is 13.6 Å². The Bertz CT molecular complexity index is 955. The minimum Gasteiger partial charge on any atom is -0.408 e. The van der Waals surface area contributed by atoms with E-state index in [1.807, 2.05) is 0 Å². The molecule has 0 spiro atoms. The van der Waals surface area contributed by atoms with Crippen LogP contribution in [0.5, 0.6) is 0 Å². The van der Waals surface area contributed by atoms with E-state index in [9.17, 15) is 14.7 Å². The fourth-order valence-corrected chi connectivity index (χ4v) is 5.84. The molecule has 0 radical (unpaired) electrons. The lowest BCUT2D eigenvalue weighted by atomic mass is 10.1. The van der Waals surface area contributed by atoms with Crippen molar-refractivity contribution in [3.63, 3.8) is 0 Å². The first-order chi connectivity index (χ1) is 15.8. The van der Waals surface area contributed by atoms with Gasteiger partial charge in [-0.3, -0.25) is 9.88 Å². The molecule has 3 N–H and O–H groups in total. The molecule has 1 aromatic heterocycles. The van der Waals surface area contributed by atoms with Gasteiger partial charge in [0, 0.05) is 13.2 Å². The fourth-order valence-electron chi connectivity index (χ4n) is 3.24. The molecule has 1 aliphatic rings. The highest BCUT2D eigenvalue weighted by Gasteiger charge is 2.54. The highest BCUT2D eigenvalue weighted by atomic mass is 28.4. The molecule has 200 valence electrons. The van der Waals surface area contributed by atoms with Crippen LogP contribution in [0.4, 0.5) is 10.6 Å². The molecule has 1 unspecified atom stereocenters. The van der Waals surface area contributed by atoms with Gasteiger partial charge < -0.3 is 24.0 Å². The van der Waals surface area contributed by atoms with Crippen LogP contribution >= 0.6 is 0 Å². The van der Waals surface area contributed by atoms with Crippen molar-refractivity contribution in [2.75, 3.05) is 19.0 Å². The Morgan fingerprint density at radius 3 is 2.03 bits per heavy atom. The largest absolute Gasteiger partial charge is 0.408 e. The summed E-state index contributed by atoms with van der Waals surface area (Å²) in [5.41, 5.74) is -0.600. The Hall–Kier alpha value is -1.58. The summed E-state index contributed by atoms with van der Waals surface area (Å²) in [4.78, 5) is 28.6. The lowest BCUT2D eigenvalue weighted by Gasteiger charge is -2.44. The number of aromatic nitrogens is 2. The number of hydrogen-bond acceptors (Lipinski definition) is 7. The van der Waals surface area contributed by atoms with E-state index in [2.05, 4.69) is 83.3 Å². The molecular formula is C23H44N4O6Si2. The first kappa shape index (κ1) is 29.7. The number of aliphatic hydroxyl groups is 1. The van der Waals surface area contributed by atoms with Crippen molar-refractivity contribution >= 4 is 28.5 Å². The Morgan fingerprint density at radius 1 is 1.09 bits per heavy atom. The van der Waals surface area contributed by atoms with Crippen LogP contribution in [0.3, 0.4) is 0 Å². The molecule has 4 atom stereocenters. The monoisotopic (exact) mass is 528 g/mol. The number of aliphatic hydroxyl groups excluding tert-OH is 1. The molecular weight excluding hydrogens is 484 g/mol. The molecule has 0 bridgehead atoms. The summed E-state index contributed by atoms with van der Waals surface area (Å²) in [6.07, 6.45) is -1.17. The van der Waals surface area contributed by atoms with Crippen molar-refractivity contribution < 1.29 is 23.5 Å². The number of nitrogens with one attached hydrogen (secondary N) is 2. The molecule has 2 heterocycles. The fraction of sp³-hybridized carbons (Fsp3) is 0.783. The first-order valence-electron chi connectivity index (χ1n) is 12.0. The van der Waals surface area contributed by atoms with Gasteiger partial charge in [-0.2, -0.15) is 4.98 Å². The Morgan fingerprint density at radius 2 is 1.60 bits per heavy atom. The highest BCUT2D eigenvalue weighted by Crippen LogP contribution is 2.45. The maximum atomic E-state index is 13.0. The van der Waals surface area contributed by atoms with Gasteiger partial charge in [-0.25, -0.2) is 9.59 Å². The number of ether oxygens (including phenoxy) is 1. The van der Waals surface area contributed by atoms with E-state index in [0.29, 0.717) is 0 Å². The minimum absolute atomic E-state index is 0.0713. The topological polar surface area (TPSA) is 124 Å². The second-order valence-corrected chi connectivity index (χ2v) is 21.7. The number of rotatable bonds is 7. The van der Waals surface area contributed by atoms with Gasteiger partial charge in [0.05, 0.1) is 6.61 Å². The predicted molar refractivity (Wildman–Crippen MR) is 142 cm³/mol. The predicted octanol–water partition coefficient (Wildman–Crippen LogP) is 3.67. The molecule has 1 aliphatic heterocycles. The SMILES string of the molecule is CNC(=O)Nc1ccn([C@@H]2O[C@H](CO)C(O[Si](C)(C)C(C)(C)C)[C@@H]2O[Si](C)(C)C(C)(C)C)c(=O)n1. The average Bonchev–Trinajstić information content (AvgIpc) is 3.02. The molecule has 1 saturated heterocycles. The van der Waals surface area contributed by atoms with Crippen LogP contribution in [0, 0.1) is 0 Å². The number of carbonyl (C=O) groups is 1. The summed E-state index contributed by atoms with van der Waals surface area (Å²) in [6, 6.07) is 1.05. The van der Waals surface area contributed by atoms with Crippen LogP contribution in [0.25, 0.3) is 0 Å². The third-order valence-corrected chi connectivity index (χ3v) is 16.5. The minimum atomic E-state index is -2.33. The quantitative estimate of drug-likeness (QED) is 0.461. The molecule has 0 saturated carbocycles. The van der Waals surface area contributed by atoms with Gasteiger partial charge in [-0.15, -0.1) is 0 Å².